The van der Waals surface area contributed by atoms with Gasteiger partial charge in [0.2, 0.25) is 5.91 Å². The van der Waals surface area contributed by atoms with E-state index in [0.717, 1.165) is 23.2 Å². The number of nitrogens with one attached hydrogen (secondary N) is 1. The minimum Gasteiger partial charge on any atom is -0.326 e. The fraction of sp³-hybridized carbons (Fsp3) is 0.467. The number of hydrogen-bond donors (Lipinski definition) is 2. The Morgan fingerprint density at radius 1 is 1.37 bits per heavy atom. The van der Waals surface area contributed by atoms with Crippen LogP contribution in [0.5, 0.6) is 0 Å². The van der Waals surface area contributed by atoms with Gasteiger partial charge in [-0.1, -0.05) is 26.0 Å². The number of aryl methyl sites for hydroxylation is 1. The molecule has 0 radical (unpaired) electrons. The molecule has 3 N–H and O–H groups in total. The zero-order chi connectivity index (χ0) is 14.0. The Kier molecular flexibility index (Phi) is 3.87. The summed E-state index contributed by atoms with van der Waals surface area (Å²) in [6.45, 7) is 4.01. The lowest BCUT2D eigenvalue weighted by atomic mass is 9.85. The molecular formula is C15H19N3O. The van der Waals surface area contributed by atoms with Crippen molar-refractivity contribution in [2.24, 2.45) is 17.6 Å². The summed E-state index contributed by atoms with van der Waals surface area (Å²) >= 11 is 0. The zero-order valence-corrected chi connectivity index (χ0v) is 11.3. The van der Waals surface area contributed by atoms with Crippen LogP contribution in [-0.2, 0) is 11.2 Å². The Morgan fingerprint density at radius 2 is 2.11 bits per heavy atom. The molecule has 2 atom stereocenters. The summed E-state index contributed by atoms with van der Waals surface area (Å²) in [7, 11) is 0. The van der Waals surface area contributed by atoms with Crippen LogP contribution in [0.4, 0.5) is 5.69 Å². The summed E-state index contributed by atoms with van der Waals surface area (Å²) in [5.74, 6) is 0.0774. The molecule has 100 valence electrons. The van der Waals surface area contributed by atoms with Gasteiger partial charge in [0.25, 0.3) is 0 Å². The van der Waals surface area contributed by atoms with Crippen LogP contribution < -0.4 is 11.1 Å². The number of carbonyl (C=O) groups excluding carboxylic acids is 1. The summed E-state index contributed by atoms with van der Waals surface area (Å²) in [4.78, 5) is 11.3. The van der Waals surface area contributed by atoms with Gasteiger partial charge < -0.3 is 11.1 Å². The molecule has 1 aliphatic heterocycles. The second-order valence-corrected chi connectivity index (χ2v) is 5.39. The van der Waals surface area contributed by atoms with Crippen molar-refractivity contribution in [1.82, 2.24) is 0 Å². The minimum atomic E-state index is -0.284. The highest BCUT2D eigenvalue weighted by atomic mass is 16.1. The lowest BCUT2D eigenvalue weighted by molar-refractivity contribution is -0.116. The van der Waals surface area contributed by atoms with Gasteiger partial charge in [0.1, 0.15) is 0 Å². The molecule has 2 rings (SSSR count). The standard InChI is InChI=1S/C15H19N3O/c1-9(2)12(8-16)15(17)11-3-5-13-10(7-11)4-6-14(19)18-13/h3,5,7,9,12,15H,4,6,17H2,1-2H3,(H,18,19). The highest BCUT2D eigenvalue weighted by molar-refractivity contribution is 5.93. The molecule has 0 aromatic heterocycles. The first-order chi connectivity index (χ1) is 9.02. The molecule has 1 amide bonds. The molecule has 0 fully saturated rings. The SMILES string of the molecule is CC(C)C(C#N)C(N)c1ccc2c(c1)CCC(=O)N2. The van der Waals surface area contributed by atoms with Crippen molar-refractivity contribution in [3.05, 3.63) is 29.3 Å². The highest BCUT2D eigenvalue weighted by Gasteiger charge is 2.24. The Balaban J connectivity index is 2.27. The van der Waals surface area contributed by atoms with Crippen molar-refractivity contribution < 1.29 is 4.79 Å². The third-order valence-corrected chi connectivity index (χ3v) is 3.66. The highest BCUT2D eigenvalue weighted by Crippen LogP contribution is 2.30. The van der Waals surface area contributed by atoms with Crippen molar-refractivity contribution in [2.45, 2.75) is 32.7 Å². The molecule has 0 saturated heterocycles. The van der Waals surface area contributed by atoms with E-state index in [1.54, 1.807) is 0 Å². The number of nitriles is 1. The Labute approximate surface area is 113 Å². The quantitative estimate of drug-likeness (QED) is 0.872. The van der Waals surface area contributed by atoms with Crippen LogP contribution in [0.25, 0.3) is 0 Å². The van der Waals surface area contributed by atoms with Crippen LogP contribution in [0.15, 0.2) is 18.2 Å². The molecule has 0 aliphatic carbocycles. The molecular weight excluding hydrogens is 238 g/mol. The van der Waals surface area contributed by atoms with E-state index in [1.165, 1.54) is 0 Å². The fourth-order valence-corrected chi connectivity index (χ4v) is 2.46. The summed E-state index contributed by atoms with van der Waals surface area (Å²) in [5, 5.41) is 12.1. The monoisotopic (exact) mass is 257 g/mol. The van der Waals surface area contributed by atoms with Crippen LogP contribution in [0, 0.1) is 23.2 Å². The third kappa shape index (κ3) is 2.77. The van der Waals surface area contributed by atoms with Gasteiger partial charge in [-0.15, -0.1) is 0 Å². The molecule has 1 heterocycles. The van der Waals surface area contributed by atoms with Gasteiger partial charge in [-0.25, -0.2) is 0 Å². The fourth-order valence-electron chi connectivity index (χ4n) is 2.46. The molecule has 1 aromatic rings. The Morgan fingerprint density at radius 3 is 2.74 bits per heavy atom. The minimum absolute atomic E-state index is 0.0571. The third-order valence-electron chi connectivity index (χ3n) is 3.66. The molecule has 0 bridgehead atoms. The van der Waals surface area contributed by atoms with Gasteiger partial charge >= 0.3 is 0 Å². The summed E-state index contributed by atoms with van der Waals surface area (Å²) < 4.78 is 0. The van der Waals surface area contributed by atoms with E-state index >= 15 is 0 Å². The van der Waals surface area contributed by atoms with E-state index in [0.29, 0.717) is 6.42 Å². The molecule has 0 saturated carbocycles. The van der Waals surface area contributed by atoms with Crippen molar-refractivity contribution in [1.29, 1.82) is 5.26 Å². The van der Waals surface area contributed by atoms with Gasteiger partial charge in [-0.05, 0) is 29.5 Å². The first kappa shape index (κ1) is 13.6. The molecule has 4 heteroatoms. The maximum absolute atomic E-state index is 11.3. The number of benzene rings is 1. The normalized spacial score (nSPS) is 17.3. The average molecular weight is 257 g/mol. The Bertz CT molecular complexity index is 531. The number of rotatable bonds is 3. The van der Waals surface area contributed by atoms with Gasteiger partial charge in [0, 0.05) is 18.2 Å². The van der Waals surface area contributed by atoms with E-state index in [4.69, 9.17) is 5.73 Å². The summed E-state index contributed by atoms with van der Waals surface area (Å²) in [5.41, 5.74) is 9.14. The molecule has 2 unspecified atom stereocenters. The van der Waals surface area contributed by atoms with Crippen molar-refractivity contribution >= 4 is 11.6 Å². The van der Waals surface area contributed by atoms with Crippen molar-refractivity contribution in [3.63, 3.8) is 0 Å². The van der Waals surface area contributed by atoms with Crippen LogP contribution in [0.3, 0.4) is 0 Å². The molecule has 1 aliphatic rings. The van der Waals surface area contributed by atoms with Gasteiger partial charge in [0.15, 0.2) is 0 Å². The molecule has 19 heavy (non-hydrogen) atoms. The number of nitrogens with zero attached hydrogens (tertiary/aromatic N) is 1. The van der Waals surface area contributed by atoms with Crippen LogP contribution in [-0.4, -0.2) is 5.91 Å². The molecule has 0 spiro atoms. The summed E-state index contributed by atoms with van der Waals surface area (Å²) in [6, 6.07) is 7.82. The second kappa shape index (κ2) is 5.41. The zero-order valence-electron chi connectivity index (χ0n) is 11.3. The maximum Gasteiger partial charge on any atom is 0.224 e. The average Bonchev–Trinajstić information content (AvgIpc) is 2.38. The predicted octanol–water partition coefficient (Wildman–Crippen LogP) is 2.37. The topological polar surface area (TPSA) is 78.9 Å². The largest absolute Gasteiger partial charge is 0.326 e. The predicted molar refractivity (Wildman–Crippen MR) is 74.3 cm³/mol. The molecule has 1 aromatic carbocycles. The van der Waals surface area contributed by atoms with E-state index in [1.807, 2.05) is 32.0 Å². The summed E-state index contributed by atoms with van der Waals surface area (Å²) in [6.07, 6.45) is 1.25. The number of amides is 1. The number of nitrogens with two attached hydrogens (primary N) is 1. The Hall–Kier alpha value is -1.86. The maximum atomic E-state index is 11.3. The number of hydrogen-bond acceptors (Lipinski definition) is 3. The van der Waals surface area contributed by atoms with E-state index in [9.17, 15) is 10.1 Å². The first-order valence-corrected chi connectivity index (χ1v) is 6.60. The van der Waals surface area contributed by atoms with E-state index in [2.05, 4.69) is 11.4 Å². The number of fused-ring (bicyclic) bond motifs is 1. The first-order valence-electron chi connectivity index (χ1n) is 6.60. The second-order valence-electron chi connectivity index (χ2n) is 5.39. The lowest BCUT2D eigenvalue weighted by Crippen LogP contribution is -2.25. The van der Waals surface area contributed by atoms with Crippen LogP contribution >= 0.6 is 0 Å². The van der Waals surface area contributed by atoms with Crippen LogP contribution in [0.2, 0.25) is 0 Å². The van der Waals surface area contributed by atoms with E-state index < -0.39 is 0 Å². The smallest absolute Gasteiger partial charge is 0.224 e. The van der Waals surface area contributed by atoms with Gasteiger partial charge in [-0.2, -0.15) is 5.26 Å². The van der Waals surface area contributed by atoms with Gasteiger partial charge in [-0.3, -0.25) is 4.79 Å². The van der Waals surface area contributed by atoms with Crippen LogP contribution in [0.1, 0.15) is 37.4 Å². The molecule has 4 nitrogen and oxygen atoms in total. The van der Waals surface area contributed by atoms with Crippen molar-refractivity contribution in [3.8, 4) is 6.07 Å². The van der Waals surface area contributed by atoms with E-state index in [-0.39, 0.29) is 23.8 Å². The van der Waals surface area contributed by atoms with Gasteiger partial charge in [0.05, 0.1) is 12.0 Å². The lowest BCUT2D eigenvalue weighted by Gasteiger charge is -2.24. The van der Waals surface area contributed by atoms with Crippen molar-refractivity contribution in [2.75, 3.05) is 5.32 Å². The number of anilines is 1. The number of carbonyl (C=O) groups is 1.